The standard InChI is InChI=1S/C17H27N3O/c1-5-15-9-14(10-16(19-15)18-6-2)17(21)20(12(3)4)11-13-7-8-13/h9-10,12-13H,5-8,11H2,1-4H3,(H,18,19). The van der Waals surface area contributed by atoms with Gasteiger partial charge in [-0.15, -0.1) is 0 Å². The van der Waals surface area contributed by atoms with Gasteiger partial charge in [-0.05, 0) is 58.1 Å². The SMILES string of the molecule is CCNc1cc(C(=O)N(CC2CC2)C(C)C)cc(CC)n1. The van der Waals surface area contributed by atoms with Crippen molar-refractivity contribution < 1.29 is 4.79 Å². The summed E-state index contributed by atoms with van der Waals surface area (Å²) >= 11 is 0. The fourth-order valence-electron chi connectivity index (χ4n) is 2.44. The minimum Gasteiger partial charge on any atom is -0.370 e. The number of aryl methyl sites for hydroxylation is 1. The highest BCUT2D eigenvalue weighted by Gasteiger charge is 2.29. The number of anilines is 1. The van der Waals surface area contributed by atoms with Crippen LogP contribution in [-0.4, -0.2) is 34.9 Å². The number of nitrogens with one attached hydrogen (secondary N) is 1. The van der Waals surface area contributed by atoms with E-state index in [0.717, 1.165) is 36.6 Å². The monoisotopic (exact) mass is 289 g/mol. The third-order valence-corrected chi connectivity index (χ3v) is 3.88. The van der Waals surface area contributed by atoms with E-state index in [9.17, 15) is 4.79 Å². The lowest BCUT2D eigenvalue weighted by molar-refractivity contribution is 0.0696. The Morgan fingerprint density at radius 2 is 2.10 bits per heavy atom. The summed E-state index contributed by atoms with van der Waals surface area (Å²) in [4.78, 5) is 19.4. The molecule has 1 heterocycles. The first-order valence-electron chi connectivity index (χ1n) is 8.10. The third kappa shape index (κ3) is 4.19. The molecule has 0 bridgehead atoms. The molecule has 1 aliphatic rings. The smallest absolute Gasteiger partial charge is 0.254 e. The summed E-state index contributed by atoms with van der Waals surface area (Å²) in [6, 6.07) is 4.05. The fraction of sp³-hybridized carbons (Fsp3) is 0.647. The first-order chi connectivity index (χ1) is 10.0. The predicted octanol–water partition coefficient (Wildman–Crippen LogP) is 3.34. The number of nitrogens with zero attached hydrogens (tertiary/aromatic N) is 2. The quantitative estimate of drug-likeness (QED) is 0.837. The van der Waals surface area contributed by atoms with E-state index in [1.54, 1.807) is 0 Å². The van der Waals surface area contributed by atoms with Gasteiger partial charge in [-0.3, -0.25) is 4.79 Å². The Morgan fingerprint density at radius 3 is 2.62 bits per heavy atom. The average molecular weight is 289 g/mol. The van der Waals surface area contributed by atoms with Crippen molar-refractivity contribution in [1.82, 2.24) is 9.88 Å². The van der Waals surface area contributed by atoms with Crippen LogP contribution in [0.4, 0.5) is 5.82 Å². The zero-order valence-corrected chi connectivity index (χ0v) is 13.6. The Bertz CT molecular complexity index is 495. The fourth-order valence-corrected chi connectivity index (χ4v) is 2.44. The molecule has 0 aromatic carbocycles. The Hall–Kier alpha value is -1.58. The summed E-state index contributed by atoms with van der Waals surface area (Å²) in [7, 11) is 0. The highest BCUT2D eigenvalue weighted by molar-refractivity contribution is 5.95. The van der Waals surface area contributed by atoms with Crippen molar-refractivity contribution in [2.75, 3.05) is 18.4 Å². The minimum absolute atomic E-state index is 0.133. The lowest BCUT2D eigenvalue weighted by Gasteiger charge is -2.27. The molecule has 1 N–H and O–H groups in total. The second-order valence-corrected chi connectivity index (χ2v) is 6.11. The Morgan fingerprint density at radius 1 is 1.38 bits per heavy atom. The normalized spacial score (nSPS) is 14.3. The van der Waals surface area contributed by atoms with Crippen LogP contribution in [0.3, 0.4) is 0 Å². The van der Waals surface area contributed by atoms with Crippen LogP contribution in [0.5, 0.6) is 0 Å². The molecule has 0 saturated heterocycles. The second kappa shape index (κ2) is 6.92. The van der Waals surface area contributed by atoms with Crippen molar-refractivity contribution >= 4 is 11.7 Å². The maximum atomic E-state index is 12.8. The predicted molar refractivity (Wildman–Crippen MR) is 86.7 cm³/mol. The number of amides is 1. The molecule has 0 radical (unpaired) electrons. The van der Waals surface area contributed by atoms with Gasteiger partial charge < -0.3 is 10.2 Å². The third-order valence-electron chi connectivity index (χ3n) is 3.88. The molecule has 0 spiro atoms. The van der Waals surface area contributed by atoms with E-state index in [4.69, 9.17) is 0 Å². The lowest BCUT2D eigenvalue weighted by atomic mass is 10.1. The van der Waals surface area contributed by atoms with Gasteiger partial charge in [0.05, 0.1) is 0 Å². The largest absolute Gasteiger partial charge is 0.370 e. The molecule has 1 aromatic heterocycles. The lowest BCUT2D eigenvalue weighted by Crippen LogP contribution is -2.38. The number of aromatic nitrogens is 1. The summed E-state index contributed by atoms with van der Waals surface area (Å²) in [5, 5.41) is 3.22. The molecule has 21 heavy (non-hydrogen) atoms. The summed E-state index contributed by atoms with van der Waals surface area (Å²) in [6.45, 7) is 9.98. The Labute approximate surface area is 127 Å². The van der Waals surface area contributed by atoms with Crippen molar-refractivity contribution in [3.05, 3.63) is 23.4 Å². The topological polar surface area (TPSA) is 45.2 Å². The van der Waals surface area contributed by atoms with Gasteiger partial charge in [0.1, 0.15) is 5.82 Å². The second-order valence-electron chi connectivity index (χ2n) is 6.11. The van der Waals surface area contributed by atoms with E-state index in [0.29, 0.717) is 5.92 Å². The Kier molecular flexibility index (Phi) is 5.21. The molecule has 4 nitrogen and oxygen atoms in total. The summed E-state index contributed by atoms with van der Waals surface area (Å²) < 4.78 is 0. The maximum Gasteiger partial charge on any atom is 0.254 e. The van der Waals surface area contributed by atoms with Crippen molar-refractivity contribution in [3.8, 4) is 0 Å². The van der Waals surface area contributed by atoms with Gasteiger partial charge in [-0.2, -0.15) is 0 Å². The van der Waals surface area contributed by atoms with E-state index in [1.165, 1.54) is 12.8 Å². The molecular weight excluding hydrogens is 262 g/mol. The van der Waals surface area contributed by atoms with E-state index in [-0.39, 0.29) is 11.9 Å². The molecule has 116 valence electrons. The van der Waals surface area contributed by atoms with E-state index >= 15 is 0 Å². The zero-order valence-electron chi connectivity index (χ0n) is 13.6. The van der Waals surface area contributed by atoms with Crippen LogP contribution in [-0.2, 0) is 6.42 Å². The maximum absolute atomic E-state index is 12.8. The summed E-state index contributed by atoms with van der Waals surface area (Å²) in [5.74, 6) is 1.64. The van der Waals surface area contributed by atoms with Crippen molar-refractivity contribution in [1.29, 1.82) is 0 Å². The summed E-state index contributed by atoms with van der Waals surface area (Å²) in [5.41, 5.74) is 1.72. The molecule has 4 heteroatoms. The molecule has 0 atom stereocenters. The van der Waals surface area contributed by atoms with Crippen LogP contribution in [0.15, 0.2) is 12.1 Å². The van der Waals surface area contributed by atoms with E-state index in [2.05, 4.69) is 31.1 Å². The van der Waals surface area contributed by atoms with Crippen LogP contribution in [0.25, 0.3) is 0 Å². The average Bonchev–Trinajstić information content (AvgIpc) is 3.27. The van der Waals surface area contributed by atoms with Crippen LogP contribution < -0.4 is 5.32 Å². The molecule has 1 saturated carbocycles. The zero-order chi connectivity index (χ0) is 15.4. The molecule has 1 aliphatic carbocycles. The molecule has 0 unspecified atom stereocenters. The van der Waals surface area contributed by atoms with E-state index < -0.39 is 0 Å². The highest BCUT2D eigenvalue weighted by Crippen LogP contribution is 2.31. The first kappa shape index (κ1) is 15.8. The molecule has 1 amide bonds. The summed E-state index contributed by atoms with van der Waals surface area (Å²) in [6.07, 6.45) is 3.36. The van der Waals surface area contributed by atoms with Gasteiger partial charge in [-0.25, -0.2) is 4.98 Å². The van der Waals surface area contributed by atoms with Crippen molar-refractivity contribution in [2.24, 2.45) is 5.92 Å². The highest BCUT2D eigenvalue weighted by atomic mass is 16.2. The Balaban J connectivity index is 2.24. The minimum atomic E-state index is 0.133. The van der Waals surface area contributed by atoms with Gasteiger partial charge in [-0.1, -0.05) is 6.92 Å². The number of pyridine rings is 1. The molecular formula is C17H27N3O. The number of carbonyl (C=O) groups excluding carboxylic acids is 1. The molecule has 0 aliphatic heterocycles. The first-order valence-corrected chi connectivity index (χ1v) is 8.10. The molecule has 1 aromatic rings. The van der Waals surface area contributed by atoms with Gasteiger partial charge in [0.25, 0.3) is 5.91 Å². The number of rotatable bonds is 7. The van der Waals surface area contributed by atoms with Gasteiger partial charge in [0.15, 0.2) is 0 Å². The number of hydrogen-bond donors (Lipinski definition) is 1. The van der Waals surface area contributed by atoms with E-state index in [1.807, 2.05) is 24.0 Å². The van der Waals surface area contributed by atoms with Crippen LogP contribution >= 0.6 is 0 Å². The molecule has 2 rings (SSSR count). The van der Waals surface area contributed by atoms with Crippen molar-refractivity contribution in [2.45, 2.75) is 53.0 Å². The van der Waals surface area contributed by atoms with Crippen LogP contribution in [0, 0.1) is 5.92 Å². The molecule has 1 fully saturated rings. The van der Waals surface area contributed by atoms with Crippen LogP contribution in [0.2, 0.25) is 0 Å². The van der Waals surface area contributed by atoms with Crippen LogP contribution in [0.1, 0.15) is 56.6 Å². The van der Waals surface area contributed by atoms with Gasteiger partial charge in [0, 0.05) is 30.4 Å². The number of hydrogen-bond acceptors (Lipinski definition) is 3. The van der Waals surface area contributed by atoms with Gasteiger partial charge in [0.2, 0.25) is 0 Å². The number of carbonyl (C=O) groups is 1. The van der Waals surface area contributed by atoms with Crippen molar-refractivity contribution in [3.63, 3.8) is 0 Å². The van der Waals surface area contributed by atoms with Gasteiger partial charge >= 0.3 is 0 Å².